The first-order chi connectivity index (χ1) is 14.4. The minimum atomic E-state index is -0.299. The smallest absolute Gasteiger partial charge is 0.327 e. The van der Waals surface area contributed by atoms with Crippen molar-refractivity contribution in [3.63, 3.8) is 0 Å². The van der Waals surface area contributed by atoms with Crippen molar-refractivity contribution in [3.05, 3.63) is 30.9 Å². The van der Waals surface area contributed by atoms with E-state index < -0.39 is 0 Å². The molecule has 1 N–H and O–H groups in total. The van der Waals surface area contributed by atoms with Gasteiger partial charge in [-0.3, -0.25) is 9.48 Å². The lowest BCUT2D eigenvalue weighted by Crippen LogP contribution is -2.21. The molecular formula is C22H32N6O2. The van der Waals surface area contributed by atoms with E-state index in [1.165, 1.54) is 4.68 Å². The maximum Gasteiger partial charge on any atom is 0.327 e. The van der Waals surface area contributed by atoms with Crippen LogP contribution in [-0.4, -0.2) is 36.9 Å². The molecule has 0 fully saturated rings. The number of rotatable bonds is 10. The molecule has 8 nitrogen and oxygen atoms in total. The van der Waals surface area contributed by atoms with Gasteiger partial charge in [0.2, 0.25) is 5.95 Å². The second kappa shape index (κ2) is 9.73. The number of hydrogen-bond acceptors (Lipinski definition) is 6. The second-order valence-corrected chi connectivity index (χ2v) is 8.36. The summed E-state index contributed by atoms with van der Waals surface area (Å²) in [6.07, 6.45) is 8.10. The van der Waals surface area contributed by atoms with Crippen LogP contribution in [-0.2, 0) is 22.6 Å². The normalized spacial score (nSPS) is 11.7. The van der Waals surface area contributed by atoms with Gasteiger partial charge in [0.1, 0.15) is 12.2 Å². The molecule has 3 heterocycles. The van der Waals surface area contributed by atoms with Gasteiger partial charge in [0.05, 0.1) is 18.5 Å². The molecule has 0 saturated heterocycles. The largest absolute Gasteiger partial charge is 0.464 e. The van der Waals surface area contributed by atoms with Gasteiger partial charge in [0, 0.05) is 30.5 Å². The standard InChI is InChI=1S/C22H32N6O2/c1-6-9-30-20(29)14-28-12-18(11-24-28)25-22-23-10-17-7-8-27(21(17)26-22)13-19(15(2)3)16(4)5/h7-8,10-12,15-16,19H,6,9,13-14H2,1-5H3,(H,23,25,26). The number of carbonyl (C=O) groups is 1. The van der Waals surface area contributed by atoms with Gasteiger partial charge in [0.15, 0.2) is 0 Å². The van der Waals surface area contributed by atoms with Crippen LogP contribution in [0.25, 0.3) is 11.0 Å². The van der Waals surface area contributed by atoms with Crippen LogP contribution in [0.3, 0.4) is 0 Å². The number of anilines is 2. The number of nitrogens with zero attached hydrogens (tertiary/aromatic N) is 5. The van der Waals surface area contributed by atoms with Crippen molar-refractivity contribution < 1.29 is 9.53 Å². The first-order valence-electron chi connectivity index (χ1n) is 10.6. The second-order valence-electron chi connectivity index (χ2n) is 8.36. The number of aromatic nitrogens is 5. The molecule has 0 atom stereocenters. The molecule has 3 aromatic rings. The number of hydrogen-bond donors (Lipinski definition) is 1. The third-order valence-corrected chi connectivity index (χ3v) is 5.27. The van der Waals surface area contributed by atoms with Gasteiger partial charge in [-0.2, -0.15) is 10.1 Å². The Labute approximate surface area is 177 Å². The van der Waals surface area contributed by atoms with Crippen molar-refractivity contribution in [1.29, 1.82) is 0 Å². The Bertz CT molecular complexity index is 967. The lowest BCUT2D eigenvalue weighted by Gasteiger charge is -2.25. The first kappa shape index (κ1) is 21.8. The van der Waals surface area contributed by atoms with E-state index in [4.69, 9.17) is 9.72 Å². The SMILES string of the molecule is CCCOC(=O)Cn1cc(Nc2ncc3ccn(CC(C(C)C)C(C)C)c3n2)cn1. The summed E-state index contributed by atoms with van der Waals surface area (Å²) in [5, 5.41) is 8.39. The highest BCUT2D eigenvalue weighted by atomic mass is 16.5. The minimum absolute atomic E-state index is 0.0796. The van der Waals surface area contributed by atoms with Crippen LogP contribution in [0.15, 0.2) is 30.9 Å². The fourth-order valence-corrected chi connectivity index (χ4v) is 3.63. The molecule has 0 saturated carbocycles. The highest BCUT2D eigenvalue weighted by molar-refractivity contribution is 5.76. The molecule has 0 aliphatic carbocycles. The molecule has 0 amide bonds. The lowest BCUT2D eigenvalue weighted by molar-refractivity contribution is -0.144. The van der Waals surface area contributed by atoms with E-state index in [-0.39, 0.29) is 12.5 Å². The van der Waals surface area contributed by atoms with Crippen LogP contribution in [0, 0.1) is 17.8 Å². The number of nitrogens with one attached hydrogen (secondary N) is 1. The van der Waals surface area contributed by atoms with Crippen LogP contribution in [0.4, 0.5) is 11.6 Å². The van der Waals surface area contributed by atoms with Crippen molar-refractivity contribution in [1.82, 2.24) is 24.3 Å². The van der Waals surface area contributed by atoms with Crippen LogP contribution in [0.2, 0.25) is 0 Å². The Morgan fingerprint density at radius 3 is 2.67 bits per heavy atom. The van der Waals surface area contributed by atoms with E-state index in [1.807, 2.05) is 13.1 Å². The quantitative estimate of drug-likeness (QED) is 0.501. The predicted molar refractivity (Wildman–Crippen MR) is 117 cm³/mol. The Morgan fingerprint density at radius 1 is 1.20 bits per heavy atom. The number of carbonyl (C=O) groups excluding carboxylic acids is 1. The zero-order valence-corrected chi connectivity index (χ0v) is 18.5. The van der Waals surface area contributed by atoms with Crippen molar-refractivity contribution in [3.8, 4) is 0 Å². The van der Waals surface area contributed by atoms with E-state index in [9.17, 15) is 4.79 Å². The molecule has 0 radical (unpaired) electrons. The fraction of sp³-hybridized carbons (Fsp3) is 0.545. The number of ether oxygens (including phenoxy) is 1. The zero-order chi connectivity index (χ0) is 21.7. The van der Waals surface area contributed by atoms with Crippen LogP contribution < -0.4 is 5.32 Å². The summed E-state index contributed by atoms with van der Waals surface area (Å²) < 4.78 is 8.84. The maximum atomic E-state index is 11.7. The highest BCUT2D eigenvalue weighted by Gasteiger charge is 2.19. The van der Waals surface area contributed by atoms with Gasteiger partial charge in [-0.1, -0.05) is 34.6 Å². The first-order valence-corrected chi connectivity index (χ1v) is 10.6. The number of fused-ring (bicyclic) bond motifs is 1. The van der Waals surface area contributed by atoms with Gasteiger partial charge in [-0.05, 0) is 30.2 Å². The summed E-state index contributed by atoms with van der Waals surface area (Å²) in [6, 6.07) is 2.05. The maximum absolute atomic E-state index is 11.7. The van der Waals surface area contributed by atoms with Crippen LogP contribution in [0.1, 0.15) is 41.0 Å². The molecule has 3 rings (SSSR count). The summed E-state index contributed by atoms with van der Waals surface area (Å²) in [5.74, 6) is 1.96. The molecule has 8 heteroatoms. The van der Waals surface area contributed by atoms with E-state index in [1.54, 1.807) is 12.4 Å². The van der Waals surface area contributed by atoms with Gasteiger partial charge in [0.25, 0.3) is 0 Å². The summed E-state index contributed by atoms with van der Waals surface area (Å²) in [4.78, 5) is 20.9. The molecule has 0 aliphatic rings. The minimum Gasteiger partial charge on any atom is -0.464 e. The molecule has 0 spiro atoms. The van der Waals surface area contributed by atoms with Gasteiger partial charge < -0.3 is 14.6 Å². The van der Waals surface area contributed by atoms with Crippen molar-refractivity contribution >= 4 is 28.6 Å². The van der Waals surface area contributed by atoms with Gasteiger partial charge in [-0.15, -0.1) is 0 Å². The summed E-state index contributed by atoms with van der Waals surface area (Å²) >= 11 is 0. The lowest BCUT2D eigenvalue weighted by atomic mass is 9.85. The molecule has 30 heavy (non-hydrogen) atoms. The topological polar surface area (TPSA) is 86.9 Å². The third-order valence-electron chi connectivity index (χ3n) is 5.27. The molecule has 0 aliphatic heterocycles. The van der Waals surface area contributed by atoms with Crippen molar-refractivity contribution in [2.75, 3.05) is 11.9 Å². The molecule has 162 valence electrons. The average Bonchev–Trinajstić information content (AvgIpc) is 3.30. The Balaban J connectivity index is 1.72. The monoisotopic (exact) mass is 412 g/mol. The average molecular weight is 413 g/mol. The third kappa shape index (κ3) is 5.37. The Hall–Kier alpha value is -2.90. The van der Waals surface area contributed by atoms with Gasteiger partial charge in [-0.25, -0.2) is 4.98 Å². The Kier molecular flexibility index (Phi) is 7.07. The Morgan fingerprint density at radius 2 is 1.97 bits per heavy atom. The van der Waals surface area contributed by atoms with Crippen molar-refractivity contribution in [2.24, 2.45) is 17.8 Å². The van der Waals surface area contributed by atoms with Crippen LogP contribution >= 0.6 is 0 Å². The van der Waals surface area contributed by atoms with E-state index >= 15 is 0 Å². The molecule has 3 aromatic heterocycles. The van der Waals surface area contributed by atoms with Gasteiger partial charge >= 0.3 is 5.97 Å². The molecule has 0 unspecified atom stereocenters. The summed E-state index contributed by atoms with van der Waals surface area (Å²) in [5.41, 5.74) is 1.63. The summed E-state index contributed by atoms with van der Waals surface area (Å²) in [7, 11) is 0. The van der Waals surface area contributed by atoms with Crippen molar-refractivity contribution in [2.45, 2.75) is 54.1 Å². The van der Waals surface area contributed by atoms with E-state index in [0.29, 0.717) is 30.3 Å². The van der Waals surface area contributed by atoms with E-state index in [0.717, 1.165) is 29.7 Å². The summed E-state index contributed by atoms with van der Waals surface area (Å²) in [6.45, 7) is 12.5. The number of esters is 1. The highest BCUT2D eigenvalue weighted by Crippen LogP contribution is 2.25. The molecule has 0 bridgehead atoms. The van der Waals surface area contributed by atoms with Crippen LogP contribution in [0.5, 0.6) is 0 Å². The van der Waals surface area contributed by atoms with E-state index in [2.05, 4.69) is 59.9 Å². The molecule has 0 aromatic carbocycles. The predicted octanol–water partition coefficient (Wildman–Crippen LogP) is 4.25. The fourth-order valence-electron chi connectivity index (χ4n) is 3.63. The molecular weight excluding hydrogens is 380 g/mol. The zero-order valence-electron chi connectivity index (χ0n) is 18.5.